The van der Waals surface area contributed by atoms with Crippen LogP contribution >= 0.6 is 0 Å². The minimum Gasteiger partial charge on any atom is -0.345 e. The van der Waals surface area contributed by atoms with E-state index in [-0.39, 0.29) is 11.8 Å². The van der Waals surface area contributed by atoms with E-state index in [9.17, 15) is 9.59 Å². The van der Waals surface area contributed by atoms with Gasteiger partial charge in [0.2, 0.25) is 11.8 Å². The highest BCUT2D eigenvalue weighted by Gasteiger charge is 2.18. The van der Waals surface area contributed by atoms with E-state index in [2.05, 4.69) is 10.3 Å². The molecule has 1 aromatic heterocycles. The van der Waals surface area contributed by atoms with E-state index in [0.29, 0.717) is 19.4 Å². The van der Waals surface area contributed by atoms with Crippen LogP contribution in [0.3, 0.4) is 0 Å². The predicted octanol–water partition coefficient (Wildman–Crippen LogP) is 1.82. The van der Waals surface area contributed by atoms with Crippen molar-refractivity contribution < 1.29 is 9.59 Å². The molecule has 1 N–H and O–H groups in total. The average Bonchev–Trinajstić information content (AvgIpc) is 2.92. The molecule has 1 aromatic carbocycles. The van der Waals surface area contributed by atoms with Gasteiger partial charge >= 0.3 is 0 Å². The predicted molar refractivity (Wildman–Crippen MR) is 88.1 cm³/mol. The lowest BCUT2D eigenvalue weighted by Crippen LogP contribution is -2.30. The Labute approximate surface area is 135 Å². The third kappa shape index (κ3) is 3.74. The summed E-state index contributed by atoms with van der Waals surface area (Å²) in [6, 6.07) is 9.65. The van der Waals surface area contributed by atoms with Crippen LogP contribution in [-0.4, -0.2) is 35.3 Å². The van der Waals surface area contributed by atoms with Gasteiger partial charge in [0.05, 0.1) is 12.8 Å². The Balaban J connectivity index is 1.56. The topological polar surface area (TPSA) is 62.3 Å². The molecule has 0 unspecified atom stereocenters. The van der Waals surface area contributed by atoms with Crippen LogP contribution in [0.2, 0.25) is 0 Å². The second-order valence-corrected chi connectivity index (χ2v) is 5.81. The molecule has 0 spiro atoms. The first kappa shape index (κ1) is 15.2. The molecule has 23 heavy (non-hydrogen) atoms. The number of benzene rings is 1. The zero-order valence-electron chi connectivity index (χ0n) is 13.1. The number of hydrogen-bond donors (Lipinski definition) is 1. The first-order chi connectivity index (χ1) is 11.1. The molecule has 0 fully saturated rings. The molecular weight excluding hydrogens is 290 g/mol. The van der Waals surface area contributed by atoms with Crippen molar-refractivity contribution in [3.63, 3.8) is 0 Å². The summed E-state index contributed by atoms with van der Waals surface area (Å²) in [6.07, 6.45) is 5.09. The van der Waals surface area contributed by atoms with Crippen LogP contribution in [0.25, 0.3) is 0 Å². The van der Waals surface area contributed by atoms with Crippen molar-refractivity contribution in [1.82, 2.24) is 9.88 Å². The molecule has 5 nitrogen and oxygen atoms in total. The number of anilines is 1. The Morgan fingerprint density at radius 2 is 2.00 bits per heavy atom. The Bertz CT molecular complexity index is 728. The molecule has 5 heteroatoms. The van der Waals surface area contributed by atoms with Crippen LogP contribution in [0.15, 0.2) is 42.7 Å². The average molecular weight is 309 g/mol. The van der Waals surface area contributed by atoms with E-state index < -0.39 is 0 Å². The zero-order valence-corrected chi connectivity index (χ0v) is 13.1. The highest BCUT2D eigenvalue weighted by atomic mass is 16.2. The van der Waals surface area contributed by atoms with E-state index in [1.165, 1.54) is 5.56 Å². The van der Waals surface area contributed by atoms with Crippen molar-refractivity contribution in [1.29, 1.82) is 0 Å². The highest BCUT2D eigenvalue weighted by molar-refractivity contribution is 5.99. The molecule has 1 aliphatic rings. The summed E-state index contributed by atoms with van der Waals surface area (Å²) in [7, 11) is 1.82. The Hall–Kier alpha value is -2.69. The Morgan fingerprint density at radius 1 is 1.22 bits per heavy atom. The van der Waals surface area contributed by atoms with Crippen LogP contribution < -0.4 is 5.32 Å². The molecule has 0 saturated heterocycles. The van der Waals surface area contributed by atoms with E-state index in [1.54, 1.807) is 17.3 Å². The van der Waals surface area contributed by atoms with Crippen LogP contribution in [0.5, 0.6) is 0 Å². The van der Waals surface area contributed by atoms with Crippen molar-refractivity contribution in [2.45, 2.75) is 19.3 Å². The lowest BCUT2D eigenvalue weighted by Gasteiger charge is -2.17. The molecule has 0 radical (unpaired) electrons. The van der Waals surface area contributed by atoms with Gasteiger partial charge in [0.25, 0.3) is 0 Å². The number of nitrogens with one attached hydrogen (secondary N) is 1. The molecule has 1 aliphatic heterocycles. The number of hydrogen-bond acceptors (Lipinski definition) is 3. The van der Waals surface area contributed by atoms with Gasteiger partial charge in [-0.1, -0.05) is 12.1 Å². The maximum absolute atomic E-state index is 12.3. The fourth-order valence-electron chi connectivity index (χ4n) is 2.67. The number of likely N-dealkylation sites (N-methyl/N-ethyl adjacent to an activating group) is 1. The number of nitrogens with zero attached hydrogens (tertiary/aromatic N) is 2. The first-order valence-electron chi connectivity index (χ1n) is 7.66. The summed E-state index contributed by atoms with van der Waals surface area (Å²) in [5.74, 6) is 0.0919. The first-order valence-corrected chi connectivity index (χ1v) is 7.66. The van der Waals surface area contributed by atoms with Gasteiger partial charge in [0.15, 0.2) is 0 Å². The van der Waals surface area contributed by atoms with E-state index in [1.807, 2.05) is 37.4 Å². The number of fused-ring (bicyclic) bond motifs is 1. The van der Waals surface area contributed by atoms with E-state index in [0.717, 1.165) is 23.2 Å². The second-order valence-electron chi connectivity index (χ2n) is 5.81. The Morgan fingerprint density at radius 3 is 2.78 bits per heavy atom. The molecule has 118 valence electrons. The smallest absolute Gasteiger partial charge is 0.228 e. The number of pyridine rings is 1. The van der Waals surface area contributed by atoms with Crippen LogP contribution in [-0.2, 0) is 28.9 Å². The minimum atomic E-state index is 0.0120. The summed E-state index contributed by atoms with van der Waals surface area (Å²) >= 11 is 0. The number of amides is 2. The summed E-state index contributed by atoms with van der Waals surface area (Å²) in [5, 5.41) is 2.80. The molecule has 0 bridgehead atoms. The number of rotatable bonds is 5. The maximum Gasteiger partial charge on any atom is 0.228 e. The van der Waals surface area contributed by atoms with Gasteiger partial charge < -0.3 is 10.2 Å². The molecule has 3 rings (SSSR count). The SMILES string of the molecule is CN(CCc1ccncc1)C(=O)Cc1ccc2c(c1)CC(=O)N2. The van der Waals surface area contributed by atoms with Gasteiger partial charge in [-0.05, 0) is 41.3 Å². The van der Waals surface area contributed by atoms with Crippen molar-refractivity contribution in [3.05, 3.63) is 59.4 Å². The molecule has 0 atom stereocenters. The summed E-state index contributed by atoms with van der Waals surface area (Å²) in [6.45, 7) is 0.674. The summed E-state index contributed by atoms with van der Waals surface area (Å²) in [4.78, 5) is 29.4. The third-order valence-electron chi connectivity index (χ3n) is 4.06. The summed E-state index contributed by atoms with van der Waals surface area (Å²) in [5.41, 5.74) is 3.94. The third-order valence-corrected chi connectivity index (χ3v) is 4.06. The van der Waals surface area contributed by atoms with E-state index >= 15 is 0 Å². The number of carbonyl (C=O) groups excluding carboxylic acids is 2. The lowest BCUT2D eigenvalue weighted by atomic mass is 10.1. The van der Waals surface area contributed by atoms with Crippen molar-refractivity contribution in [2.75, 3.05) is 18.9 Å². The Kier molecular flexibility index (Phi) is 4.37. The minimum absolute atomic E-state index is 0.0120. The highest BCUT2D eigenvalue weighted by Crippen LogP contribution is 2.24. The lowest BCUT2D eigenvalue weighted by molar-refractivity contribution is -0.129. The maximum atomic E-state index is 12.3. The zero-order chi connectivity index (χ0) is 16.2. The fourth-order valence-corrected chi connectivity index (χ4v) is 2.67. The standard InChI is InChI=1S/C18H19N3O2/c1-21(9-6-13-4-7-19-8-5-13)18(23)11-14-2-3-16-15(10-14)12-17(22)20-16/h2-5,7-8,10H,6,9,11-12H2,1H3,(H,20,22). The molecule has 2 aromatic rings. The van der Waals surface area contributed by atoms with Gasteiger partial charge in [-0.25, -0.2) is 0 Å². The molecule has 2 heterocycles. The second kappa shape index (κ2) is 6.60. The fraction of sp³-hybridized carbons (Fsp3) is 0.278. The van der Waals surface area contributed by atoms with Crippen molar-refractivity contribution in [3.8, 4) is 0 Å². The molecular formula is C18H19N3O2. The number of carbonyl (C=O) groups is 2. The van der Waals surface area contributed by atoms with Crippen LogP contribution in [0.4, 0.5) is 5.69 Å². The van der Waals surface area contributed by atoms with Gasteiger partial charge in [0, 0.05) is 31.7 Å². The quantitative estimate of drug-likeness (QED) is 0.916. The monoisotopic (exact) mass is 309 g/mol. The normalized spacial score (nSPS) is 12.7. The molecule has 2 amide bonds. The van der Waals surface area contributed by atoms with Crippen molar-refractivity contribution in [2.24, 2.45) is 0 Å². The molecule has 0 aliphatic carbocycles. The van der Waals surface area contributed by atoms with Gasteiger partial charge in [-0.2, -0.15) is 0 Å². The molecule has 0 saturated carbocycles. The van der Waals surface area contributed by atoms with Crippen LogP contribution in [0, 0.1) is 0 Å². The van der Waals surface area contributed by atoms with E-state index in [4.69, 9.17) is 0 Å². The van der Waals surface area contributed by atoms with Gasteiger partial charge in [-0.3, -0.25) is 14.6 Å². The largest absolute Gasteiger partial charge is 0.345 e. The van der Waals surface area contributed by atoms with Crippen LogP contribution in [0.1, 0.15) is 16.7 Å². The van der Waals surface area contributed by atoms with Gasteiger partial charge in [-0.15, -0.1) is 0 Å². The van der Waals surface area contributed by atoms with Gasteiger partial charge in [0.1, 0.15) is 0 Å². The summed E-state index contributed by atoms with van der Waals surface area (Å²) < 4.78 is 0. The van der Waals surface area contributed by atoms with Crippen molar-refractivity contribution >= 4 is 17.5 Å². The number of aromatic nitrogens is 1.